The summed E-state index contributed by atoms with van der Waals surface area (Å²) >= 11 is 0. The normalized spacial score (nSPS) is 21.9. The Kier molecular flexibility index (Phi) is 5.43. The molecule has 1 aliphatic heterocycles. The third-order valence-electron chi connectivity index (χ3n) is 5.78. The monoisotopic (exact) mass is 372 g/mol. The molecular formula is C20H28N4O3. The van der Waals surface area contributed by atoms with Gasteiger partial charge in [0, 0.05) is 36.5 Å². The van der Waals surface area contributed by atoms with Crippen molar-refractivity contribution in [3.05, 3.63) is 24.3 Å². The van der Waals surface area contributed by atoms with Gasteiger partial charge in [0.1, 0.15) is 12.6 Å². The zero-order valence-corrected chi connectivity index (χ0v) is 15.6. The van der Waals surface area contributed by atoms with Crippen molar-refractivity contribution in [1.29, 1.82) is 0 Å². The lowest BCUT2D eigenvalue weighted by Gasteiger charge is -2.41. The van der Waals surface area contributed by atoms with E-state index < -0.39 is 0 Å². The molecule has 146 valence electrons. The third-order valence-corrected chi connectivity index (χ3v) is 5.78. The Labute approximate surface area is 159 Å². The second-order valence-corrected chi connectivity index (χ2v) is 7.65. The number of hydrogen-bond acceptors (Lipinski definition) is 5. The molecule has 7 nitrogen and oxygen atoms in total. The second kappa shape index (κ2) is 7.96. The summed E-state index contributed by atoms with van der Waals surface area (Å²) in [4.78, 5) is 28.9. The lowest BCUT2D eigenvalue weighted by Crippen LogP contribution is -2.55. The van der Waals surface area contributed by atoms with Gasteiger partial charge in [0.05, 0.1) is 6.61 Å². The number of amides is 2. The Balaban J connectivity index is 1.41. The number of carbonyl (C=O) groups excluding carboxylic acids is 2. The smallest absolute Gasteiger partial charge is 0.253 e. The van der Waals surface area contributed by atoms with Crippen LogP contribution in [0.25, 0.3) is 0 Å². The van der Waals surface area contributed by atoms with E-state index in [9.17, 15) is 9.59 Å². The van der Waals surface area contributed by atoms with Crippen LogP contribution in [0.15, 0.2) is 24.3 Å². The van der Waals surface area contributed by atoms with Crippen LogP contribution >= 0.6 is 0 Å². The van der Waals surface area contributed by atoms with Gasteiger partial charge in [0.15, 0.2) is 0 Å². The largest absolute Gasteiger partial charge is 0.370 e. The maximum absolute atomic E-state index is 12.9. The quantitative estimate of drug-likeness (QED) is 0.754. The number of rotatable bonds is 7. The predicted molar refractivity (Wildman–Crippen MR) is 104 cm³/mol. The van der Waals surface area contributed by atoms with Gasteiger partial charge in [-0.25, -0.2) is 0 Å². The van der Waals surface area contributed by atoms with Crippen molar-refractivity contribution in [1.82, 2.24) is 4.90 Å². The van der Waals surface area contributed by atoms with E-state index in [0.717, 1.165) is 11.4 Å². The van der Waals surface area contributed by atoms with E-state index >= 15 is 0 Å². The van der Waals surface area contributed by atoms with Gasteiger partial charge in [-0.2, -0.15) is 0 Å². The van der Waals surface area contributed by atoms with Gasteiger partial charge in [-0.1, -0.05) is 6.42 Å². The molecule has 3 aliphatic rings. The van der Waals surface area contributed by atoms with E-state index in [-0.39, 0.29) is 24.5 Å². The zero-order valence-electron chi connectivity index (χ0n) is 15.6. The molecule has 1 aromatic rings. The Hall–Kier alpha value is -1.96. The molecule has 1 heterocycles. The number of nitrogens with one attached hydrogen (secondary N) is 1. The van der Waals surface area contributed by atoms with E-state index in [2.05, 4.69) is 10.2 Å². The first-order valence-electron chi connectivity index (χ1n) is 9.94. The van der Waals surface area contributed by atoms with E-state index in [1.165, 1.54) is 32.1 Å². The van der Waals surface area contributed by atoms with Crippen molar-refractivity contribution in [3.8, 4) is 0 Å². The molecular weight excluding hydrogens is 344 g/mol. The minimum absolute atomic E-state index is 0.0356. The molecule has 4 rings (SSSR count). The fourth-order valence-electron chi connectivity index (χ4n) is 3.97. The SMILES string of the molecule is NC[C@H](C(=O)Nc1ccc(N2CCOCC2=O)cc1)N(C1CCC1)C1CC1. The van der Waals surface area contributed by atoms with E-state index in [4.69, 9.17) is 10.5 Å². The molecule has 1 saturated heterocycles. The molecule has 3 fully saturated rings. The van der Waals surface area contributed by atoms with Crippen LogP contribution in [0.1, 0.15) is 32.1 Å². The minimum atomic E-state index is -0.275. The zero-order chi connectivity index (χ0) is 18.8. The topological polar surface area (TPSA) is 87.9 Å². The fraction of sp³-hybridized carbons (Fsp3) is 0.600. The van der Waals surface area contributed by atoms with Gasteiger partial charge in [0.2, 0.25) is 5.91 Å². The molecule has 2 aliphatic carbocycles. The summed E-state index contributed by atoms with van der Waals surface area (Å²) < 4.78 is 5.16. The van der Waals surface area contributed by atoms with Crippen molar-refractivity contribution in [2.75, 3.05) is 36.5 Å². The average molecular weight is 372 g/mol. The van der Waals surface area contributed by atoms with Gasteiger partial charge in [-0.3, -0.25) is 14.5 Å². The summed E-state index contributed by atoms with van der Waals surface area (Å²) in [6.45, 7) is 1.55. The van der Waals surface area contributed by atoms with Crippen LogP contribution < -0.4 is 16.0 Å². The van der Waals surface area contributed by atoms with Gasteiger partial charge in [-0.05, 0) is 49.9 Å². The van der Waals surface area contributed by atoms with Crippen LogP contribution in [0.3, 0.4) is 0 Å². The fourth-order valence-corrected chi connectivity index (χ4v) is 3.97. The molecule has 0 unspecified atom stereocenters. The molecule has 3 N–H and O–H groups in total. The highest BCUT2D eigenvalue weighted by Gasteiger charge is 2.42. The molecule has 27 heavy (non-hydrogen) atoms. The highest BCUT2D eigenvalue weighted by molar-refractivity contribution is 5.97. The van der Waals surface area contributed by atoms with Gasteiger partial charge in [0.25, 0.3) is 5.91 Å². The molecule has 0 bridgehead atoms. The standard InChI is InChI=1S/C20H28N4O3/c21-12-18(24(17-8-9-17)16-2-1-3-16)20(26)22-14-4-6-15(7-5-14)23-10-11-27-13-19(23)25/h4-7,16-18H,1-3,8-13,21H2,(H,22,26)/t18-/m1/s1. The number of morpholine rings is 1. The Bertz CT molecular complexity index is 685. The van der Waals surface area contributed by atoms with Crippen LogP contribution in [0.2, 0.25) is 0 Å². The van der Waals surface area contributed by atoms with Crippen molar-refractivity contribution in [2.45, 2.75) is 50.2 Å². The number of carbonyl (C=O) groups is 2. The van der Waals surface area contributed by atoms with Crippen LogP contribution in [-0.2, 0) is 14.3 Å². The maximum atomic E-state index is 12.9. The second-order valence-electron chi connectivity index (χ2n) is 7.65. The first-order valence-corrected chi connectivity index (χ1v) is 9.94. The number of nitrogens with two attached hydrogens (primary N) is 1. The van der Waals surface area contributed by atoms with Crippen LogP contribution in [0.5, 0.6) is 0 Å². The molecule has 0 aromatic heterocycles. The third kappa shape index (κ3) is 4.00. The van der Waals surface area contributed by atoms with Crippen molar-refractivity contribution >= 4 is 23.2 Å². The predicted octanol–water partition coefficient (Wildman–Crippen LogP) is 1.33. The highest BCUT2D eigenvalue weighted by Crippen LogP contribution is 2.37. The summed E-state index contributed by atoms with van der Waals surface area (Å²) in [5.74, 6) is -0.0756. The molecule has 7 heteroatoms. The number of anilines is 2. The van der Waals surface area contributed by atoms with Gasteiger partial charge >= 0.3 is 0 Å². The van der Waals surface area contributed by atoms with Gasteiger partial charge < -0.3 is 20.7 Å². The average Bonchev–Trinajstić information content (AvgIpc) is 3.46. The molecule has 2 saturated carbocycles. The van der Waals surface area contributed by atoms with E-state index in [1.807, 2.05) is 24.3 Å². The summed E-state index contributed by atoms with van der Waals surface area (Å²) in [5, 5.41) is 3.01. The van der Waals surface area contributed by atoms with Gasteiger partial charge in [-0.15, -0.1) is 0 Å². The Morgan fingerprint density at radius 1 is 1.22 bits per heavy atom. The summed E-state index contributed by atoms with van der Waals surface area (Å²) in [5.41, 5.74) is 7.54. The van der Waals surface area contributed by atoms with Crippen molar-refractivity contribution < 1.29 is 14.3 Å². The Morgan fingerprint density at radius 2 is 1.93 bits per heavy atom. The van der Waals surface area contributed by atoms with Crippen molar-refractivity contribution in [2.24, 2.45) is 5.73 Å². The molecule has 0 spiro atoms. The summed E-state index contributed by atoms with van der Waals surface area (Å²) in [6.07, 6.45) is 5.92. The molecule has 1 aromatic carbocycles. The minimum Gasteiger partial charge on any atom is -0.370 e. The van der Waals surface area contributed by atoms with E-state index in [1.54, 1.807) is 4.90 Å². The summed E-state index contributed by atoms with van der Waals surface area (Å²) in [6, 6.07) is 8.16. The van der Waals surface area contributed by atoms with Crippen LogP contribution in [0, 0.1) is 0 Å². The van der Waals surface area contributed by atoms with Crippen LogP contribution in [0.4, 0.5) is 11.4 Å². The first kappa shape index (κ1) is 18.4. The lowest BCUT2D eigenvalue weighted by molar-refractivity contribution is -0.125. The number of benzene rings is 1. The molecule has 1 atom stereocenters. The van der Waals surface area contributed by atoms with E-state index in [0.29, 0.717) is 31.8 Å². The van der Waals surface area contributed by atoms with Crippen molar-refractivity contribution in [3.63, 3.8) is 0 Å². The Morgan fingerprint density at radius 3 is 2.48 bits per heavy atom. The maximum Gasteiger partial charge on any atom is 0.253 e. The molecule has 2 amide bonds. The highest BCUT2D eigenvalue weighted by atomic mass is 16.5. The number of ether oxygens (including phenoxy) is 1. The first-order chi connectivity index (χ1) is 13.2. The van der Waals surface area contributed by atoms with Crippen LogP contribution in [-0.4, -0.2) is 61.1 Å². The lowest BCUT2D eigenvalue weighted by atomic mass is 9.90. The summed E-state index contributed by atoms with van der Waals surface area (Å²) in [7, 11) is 0. The molecule has 0 radical (unpaired) electrons. The number of hydrogen-bond donors (Lipinski definition) is 2. The number of nitrogens with zero attached hydrogens (tertiary/aromatic N) is 2.